The summed E-state index contributed by atoms with van der Waals surface area (Å²) in [6.45, 7) is 4.53. The highest BCUT2D eigenvalue weighted by atomic mass is 16.5. The Morgan fingerprint density at radius 3 is 2.40 bits per heavy atom. The molecule has 0 aromatic heterocycles. The number of hydrogen-bond donors (Lipinski definition) is 0. The Kier molecular flexibility index (Phi) is 6.15. The average Bonchev–Trinajstić information content (AvgIpc) is 2.68. The van der Waals surface area contributed by atoms with Crippen LogP contribution < -0.4 is 9.47 Å². The molecule has 1 aromatic rings. The molecule has 1 unspecified atom stereocenters. The van der Waals surface area contributed by atoms with E-state index in [1.165, 1.54) is 6.42 Å². The minimum Gasteiger partial charge on any atom is -0.497 e. The molecule has 1 amide bonds. The van der Waals surface area contributed by atoms with Crippen LogP contribution in [-0.2, 0) is 16.1 Å². The molecule has 0 spiro atoms. The maximum Gasteiger partial charge on any atom is 0.253 e. The van der Waals surface area contributed by atoms with Gasteiger partial charge < -0.3 is 19.1 Å². The first-order valence-corrected chi connectivity index (χ1v) is 9.04. The summed E-state index contributed by atoms with van der Waals surface area (Å²) in [4.78, 5) is 16.9. The zero-order chi connectivity index (χ0) is 17.6. The van der Waals surface area contributed by atoms with Crippen LogP contribution in [0.15, 0.2) is 18.2 Å². The van der Waals surface area contributed by atoms with Crippen molar-refractivity contribution < 1.29 is 19.0 Å². The van der Waals surface area contributed by atoms with Gasteiger partial charge in [-0.3, -0.25) is 9.69 Å². The van der Waals surface area contributed by atoms with Gasteiger partial charge in [-0.15, -0.1) is 0 Å². The van der Waals surface area contributed by atoms with Gasteiger partial charge in [-0.2, -0.15) is 0 Å². The highest BCUT2D eigenvalue weighted by Crippen LogP contribution is 2.24. The highest BCUT2D eigenvalue weighted by Gasteiger charge is 2.30. The molecule has 0 radical (unpaired) electrons. The molecule has 2 aliphatic heterocycles. The van der Waals surface area contributed by atoms with Crippen LogP contribution in [0.3, 0.4) is 0 Å². The average molecular weight is 348 g/mol. The largest absolute Gasteiger partial charge is 0.497 e. The first-order valence-electron chi connectivity index (χ1n) is 9.04. The van der Waals surface area contributed by atoms with E-state index in [2.05, 4.69) is 4.90 Å². The van der Waals surface area contributed by atoms with Gasteiger partial charge in [0.1, 0.15) is 17.6 Å². The fourth-order valence-corrected chi connectivity index (χ4v) is 3.53. The van der Waals surface area contributed by atoms with E-state index in [-0.39, 0.29) is 12.0 Å². The molecular weight excluding hydrogens is 320 g/mol. The summed E-state index contributed by atoms with van der Waals surface area (Å²) in [6, 6.07) is 5.89. The van der Waals surface area contributed by atoms with Crippen molar-refractivity contribution in [2.24, 2.45) is 0 Å². The number of carbonyl (C=O) groups excluding carboxylic acids is 1. The number of likely N-dealkylation sites (tertiary alicyclic amines) is 1. The van der Waals surface area contributed by atoms with Gasteiger partial charge in [0.25, 0.3) is 5.91 Å². The van der Waals surface area contributed by atoms with Crippen LogP contribution in [0.4, 0.5) is 0 Å². The van der Waals surface area contributed by atoms with E-state index in [1.54, 1.807) is 14.2 Å². The molecular formula is C19H28N2O4. The number of rotatable bonds is 5. The number of amides is 1. The lowest BCUT2D eigenvalue weighted by Gasteiger charge is -2.36. The van der Waals surface area contributed by atoms with Gasteiger partial charge in [-0.25, -0.2) is 0 Å². The van der Waals surface area contributed by atoms with Crippen molar-refractivity contribution in [2.45, 2.75) is 31.9 Å². The zero-order valence-corrected chi connectivity index (χ0v) is 15.2. The predicted octanol–water partition coefficient (Wildman–Crippen LogP) is 1.92. The van der Waals surface area contributed by atoms with E-state index >= 15 is 0 Å². The molecule has 6 nitrogen and oxygen atoms in total. The molecule has 3 rings (SSSR count). The highest BCUT2D eigenvalue weighted by molar-refractivity contribution is 5.81. The third-order valence-electron chi connectivity index (χ3n) is 4.91. The van der Waals surface area contributed by atoms with Crippen molar-refractivity contribution in [3.05, 3.63) is 23.8 Å². The van der Waals surface area contributed by atoms with Gasteiger partial charge in [0.15, 0.2) is 0 Å². The van der Waals surface area contributed by atoms with E-state index in [4.69, 9.17) is 14.2 Å². The number of ether oxygens (including phenoxy) is 3. The summed E-state index contributed by atoms with van der Waals surface area (Å²) in [5, 5.41) is 0. The number of morpholine rings is 1. The molecule has 2 heterocycles. The zero-order valence-electron chi connectivity index (χ0n) is 15.2. The monoisotopic (exact) mass is 348 g/mol. The maximum atomic E-state index is 12.7. The Hall–Kier alpha value is -1.79. The van der Waals surface area contributed by atoms with Crippen molar-refractivity contribution in [1.29, 1.82) is 0 Å². The van der Waals surface area contributed by atoms with Crippen LogP contribution in [0.2, 0.25) is 0 Å². The van der Waals surface area contributed by atoms with E-state index in [9.17, 15) is 4.79 Å². The predicted molar refractivity (Wildman–Crippen MR) is 95.0 cm³/mol. The molecule has 1 aromatic carbocycles. The number of methoxy groups -OCH3 is 2. The quantitative estimate of drug-likeness (QED) is 0.814. The topological polar surface area (TPSA) is 51.2 Å². The number of carbonyl (C=O) groups is 1. The fraction of sp³-hybridized carbons (Fsp3) is 0.632. The smallest absolute Gasteiger partial charge is 0.253 e. The number of hydrogen-bond acceptors (Lipinski definition) is 5. The minimum atomic E-state index is -0.348. The maximum absolute atomic E-state index is 12.7. The second-order valence-electron chi connectivity index (χ2n) is 6.70. The Balaban J connectivity index is 1.62. The molecule has 2 saturated heterocycles. The molecule has 0 aliphatic carbocycles. The lowest BCUT2D eigenvalue weighted by atomic mass is 10.1. The third-order valence-corrected chi connectivity index (χ3v) is 4.91. The van der Waals surface area contributed by atoms with Crippen molar-refractivity contribution >= 4 is 5.91 Å². The second-order valence-corrected chi connectivity index (χ2v) is 6.70. The SMILES string of the molecule is COc1cc(CN2CCOC(C(=O)N3CCCCC3)C2)cc(OC)c1. The second kappa shape index (κ2) is 8.54. The molecule has 2 fully saturated rings. The first-order chi connectivity index (χ1) is 12.2. The lowest BCUT2D eigenvalue weighted by Crippen LogP contribution is -2.51. The van der Waals surface area contributed by atoms with Crippen molar-refractivity contribution in [3.8, 4) is 11.5 Å². The summed E-state index contributed by atoms with van der Waals surface area (Å²) in [6.07, 6.45) is 3.08. The number of benzene rings is 1. The van der Waals surface area contributed by atoms with Gasteiger partial charge >= 0.3 is 0 Å². The van der Waals surface area contributed by atoms with Crippen LogP contribution in [-0.4, -0.2) is 68.8 Å². The van der Waals surface area contributed by atoms with E-state index in [0.29, 0.717) is 13.2 Å². The van der Waals surface area contributed by atoms with Gasteiger partial charge in [-0.1, -0.05) is 0 Å². The van der Waals surface area contributed by atoms with Gasteiger partial charge in [-0.05, 0) is 37.0 Å². The molecule has 138 valence electrons. The Morgan fingerprint density at radius 2 is 1.76 bits per heavy atom. The van der Waals surface area contributed by atoms with Crippen LogP contribution in [0, 0.1) is 0 Å². The summed E-state index contributed by atoms with van der Waals surface area (Å²) >= 11 is 0. The molecule has 25 heavy (non-hydrogen) atoms. The summed E-state index contributed by atoms with van der Waals surface area (Å²) in [7, 11) is 3.31. The van der Waals surface area contributed by atoms with E-state index < -0.39 is 0 Å². The van der Waals surface area contributed by atoms with Gasteiger partial charge in [0, 0.05) is 38.8 Å². The van der Waals surface area contributed by atoms with Gasteiger partial charge in [0.2, 0.25) is 0 Å². The Bertz CT molecular complexity index is 565. The summed E-state index contributed by atoms with van der Waals surface area (Å²) < 4.78 is 16.5. The van der Waals surface area contributed by atoms with Crippen molar-refractivity contribution in [2.75, 3.05) is 47.0 Å². The number of piperidine rings is 1. The summed E-state index contributed by atoms with van der Waals surface area (Å²) in [5.74, 6) is 1.71. The minimum absolute atomic E-state index is 0.146. The molecule has 0 bridgehead atoms. The van der Waals surface area contributed by atoms with Crippen molar-refractivity contribution in [3.63, 3.8) is 0 Å². The standard InChI is InChI=1S/C19H28N2O4/c1-23-16-10-15(11-17(12-16)24-2)13-20-8-9-25-18(14-20)19(22)21-6-4-3-5-7-21/h10-12,18H,3-9,13-14H2,1-2H3. The van der Waals surface area contributed by atoms with E-state index in [0.717, 1.165) is 56.1 Å². The molecule has 1 atom stereocenters. The normalized spacial score (nSPS) is 21.8. The lowest BCUT2D eigenvalue weighted by molar-refractivity contribution is -0.150. The molecule has 6 heteroatoms. The van der Waals surface area contributed by atoms with Crippen LogP contribution in [0.25, 0.3) is 0 Å². The Labute approximate surface area is 149 Å². The van der Waals surface area contributed by atoms with Crippen LogP contribution in [0.1, 0.15) is 24.8 Å². The van der Waals surface area contributed by atoms with E-state index in [1.807, 2.05) is 23.1 Å². The number of nitrogens with zero attached hydrogens (tertiary/aromatic N) is 2. The molecule has 0 saturated carbocycles. The molecule has 2 aliphatic rings. The fourth-order valence-electron chi connectivity index (χ4n) is 3.53. The van der Waals surface area contributed by atoms with Crippen LogP contribution >= 0.6 is 0 Å². The third kappa shape index (κ3) is 4.64. The van der Waals surface area contributed by atoms with Crippen molar-refractivity contribution in [1.82, 2.24) is 9.80 Å². The first kappa shape index (κ1) is 18.0. The van der Waals surface area contributed by atoms with Gasteiger partial charge in [0.05, 0.1) is 20.8 Å². The Morgan fingerprint density at radius 1 is 1.08 bits per heavy atom. The summed E-state index contributed by atoms with van der Waals surface area (Å²) in [5.41, 5.74) is 1.11. The van der Waals surface area contributed by atoms with Crippen LogP contribution in [0.5, 0.6) is 11.5 Å². The molecule has 0 N–H and O–H groups in total.